The summed E-state index contributed by atoms with van der Waals surface area (Å²) in [6.07, 6.45) is 0. The highest BCUT2D eigenvalue weighted by Gasteiger charge is 2.12. The lowest BCUT2D eigenvalue weighted by atomic mass is 9.87. The van der Waals surface area contributed by atoms with Crippen LogP contribution in [0.5, 0.6) is 5.75 Å². The molecule has 0 spiro atoms. The molecular formula is C14H24O. The molecule has 0 saturated carbocycles. The van der Waals surface area contributed by atoms with E-state index in [0.29, 0.717) is 0 Å². The second kappa shape index (κ2) is 6.49. The Bertz CT molecular complexity index is 254. The minimum atomic E-state index is 0.227. The summed E-state index contributed by atoms with van der Waals surface area (Å²) in [4.78, 5) is 0. The minimum Gasteiger partial charge on any atom is -0.494 e. The monoisotopic (exact) mass is 208 g/mol. The molecule has 0 radical (unpaired) electrons. The number of hydrogen-bond acceptors (Lipinski definition) is 1. The molecule has 15 heavy (non-hydrogen) atoms. The summed E-state index contributed by atoms with van der Waals surface area (Å²) in [5.74, 6) is 0.954. The summed E-state index contributed by atoms with van der Waals surface area (Å²) in [5, 5.41) is 0. The molecule has 1 heteroatoms. The summed E-state index contributed by atoms with van der Waals surface area (Å²) >= 11 is 0. The summed E-state index contributed by atoms with van der Waals surface area (Å²) in [6.45, 7) is 13.4. The number of rotatable bonds is 2. The maximum Gasteiger partial charge on any atom is 0.119 e. The molecule has 0 fully saturated rings. The van der Waals surface area contributed by atoms with Crippen LogP contribution in [0.4, 0.5) is 0 Å². The Morgan fingerprint density at radius 1 is 1.00 bits per heavy atom. The number of benzene rings is 1. The topological polar surface area (TPSA) is 9.23 Å². The van der Waals surface area contributed by atoms with E-state index in [9.17, 15) is 0 Å². The van der Waals surface area contributed by atoms with E-state index in [1.165, 1.54) is 5.56 Å². The number of ether oxygens (including phenoxy) is 1. The van der Waals surface area contributed by atoms with Crippen molar-refractivity contribution in [1.29, 1.82) is 0 Å². The highest BCUT2D eigenvalue weighted by Crippen LogP contribution is 2.24. The van der Waals surface area contributed by atoms with Gasteiger partial charge < -0.3 is 4.74 Å². The Morgan fingerprint density at radius 2 is 1.47 bits per heavy atom. The van der Waals surface area contributed by atoms with Crippen LogP contribution in [0.1, 0.15) is 47.1 Å². The van der Waals surface area contributed by atoms with Gasteiger partial charge in [0.1, 0.15) is 5.75 Å². The molecule has 1 nitrogen and oxygen atoms in total. The van der Waals surface area contributed by atoms with Gasteiger partial charge in [0.2, 0.25) is 0 Å². The van der Waals surface area contributed by atoms with Crippen molar-refractivity contribution in [3.8, 4) is 5.75 Å². The van der Waals surface area contributed by atoms with E-state index in [0.717, 1.165) is 12.4 Å². The first-order valence-electron chi connectivity index (χ1n) is 5.77. The Morgan fingerprint density at radius 3 is 1.80 bits per heavy atom. The molecule has 0 aliphatic heterocycles. The highest BCUT2D eigenvalue weighted by molar-refractivity contribution is 5.30. The Kier molecular flexibility index (Phi) is 6.07. The van der Waals surface area contributed by atoms with Crippen molar-refractivity contribution in [3.63, 3.8) is 0 Å². The molecule has 0 heterocycles. The van der Waals surface area contributed by atoms with Gasteiger partial charge in [-0.25, -0.2) is 0 Å². The molecule has 86 valence electrons. The summed E-state index contributed by atoms with van der Waals surface area (Å²) in [6, 6.07) is 8.32. The molecule has 0 atom stereocenters. The van der Waals surface area contributed by atoms with Gasteiger partial charge in [0.25, 0.3) is 0 Å². The van der Waals surface area contributed by atoms with Crippen LogP contribution in [-0.2, 0) is 5.41 Å². The molecule has 0 unspecified atom stereocenters. The molecule has 0 amide bonds. The number of hydrogen-bond donors (Lipinski definition) is 0. The third kappa shape index (κ3) is 4.87. The van der Waals surface area contributed by atoms with Gasteiger partial charge in [-0.15, -0.1) is 0 Å². The van der Waals surface area contributed by atoms with Crippen molar-refractivity contribution in [2.75, 3.05) is 6.61 Å². The van der Waals surface area contributed by atoms with Crippen LogP contribution >= 0.6 is 0 Å². The lowest BCUT2D eigenvalue weighted by Crippen LogP contribution is -2.10. The van der Waals surface area contributed by atoms with E-state index < -0.39 is 0 Å². The zero-order chi connectivity index (χ0) is 11.9. The van der Waals surface area contributed by atoms with Gasteiger partial charge in [-0.1, -0.05) is 46.8 Å². The molecule has 1 aromatic rings. The first-order chi connectivity index (χ1) is 7.04. The maximum absolute atomic E-state index is 5.37. The second-order valence-corrected chi connectivity index (χ2v) is 4.21. The van der Waals surface area contributed by atoms with Crippen molar-refractivity contribution in [2.24, 2.45) is 0 Å². The minimum absolute atomic E-state index is 0.227. The Balaban J connectivity index is 0.000000921. The van der Waals surface area contributed by atoms with Crippen LogP contribution in [0.2, 0.25) is 0 Å². The van der Waals surface area contributed by atoms with E-state index in [1.807, 2.05) is 32.9 Å². The normalized spacial score (nSPS) is 10.3. The average molecular weight is 208 g/mol. The average Bonchev–Trinajstić information content (AvgIpc) is 2.21. The SMILES string of the molecule is CC.CCOc1ccc(C(C)(C)C)cc1. The van der Waals surface area contributed by atoms with E-state index in [2.05, 4.69) is 32.9 Å². The fourth-order valence-corrected chi connectivity index (χ4v) is 1.22. The molecule has 0 bridgehead atoms. The zero-order valence-electron chi connectivity index (χ0n) is 10.9. The maximum atomic E-state index is 5.37. The van der Waals surface area contributed by atoms with Gasteiger partial charge in [-0.3, -0.25) is 0 Å². The van der Waals surface area contributed by atoms with E-state index in [-0.39, 0.29) is 5.41 Å². The Labute approximate surface area is 94.5 Å². The quantitative estimate of drug-likeness (QED) is 0.699. The smallest absolute Gasteiger partial charge is 0.119 e. The first kappa shape index (κ1) is 14.0. The van der Waals surface area contributed by atoms with Gasteiger partial charge in [0, 0.05) is 0 Å². The third-order valence-corrected chi connectivity index (χ3v) is 2.03. The summed E-state index contributed by atoms with van der Waals surface area (Å²) in [7, 11) is 0. The lowest BCUT2D eigenvalue weighted by Gasteiger charge is -2.19. The Hall–Kier alpha value is -0.980. The lowest BCUT2D eigenvalue weighted by molar-refractivity contribution is 0.340. The molecule has 1 aromatic carbocycles. The van der Waals surface area contributed by atoms with Crippen LogP contribution in [-0.4, -0.2) is 6.61 Å². The van der Waals surface area contributed by atoms with E-state index in [4.69, 9.17) is 4.74 Å². The van der Waals surface area contributed by atoms with Gasteiger partial charge >= 0.3 is 0 Å². The van der Waals surface area contributed by atoms with E-state index >= 15 is 0 Å². The molecule has 0 aromatic heterocycles. The van der Waals surface area contributed by atoms with Gasteiger partial charge in [-0.05, 0) is 30.0 Å². The fourth-order valence-electron chi connectivity index (χ4n) is 1.22. The largest absolute Gasteiger partial charge is 0.494 e. The zero-order valence-corrected chi connectivity index (χ0v) is 10.9. The van der Waals surface area contributed by atoms with Gasteiger partial charge in [0.15, 0.2) is 0 Å². The van der Waals surface area contributed by atoms with Crippen molar-refractivity contribution < 1.29 is 4.74 Å². The molecule has 0 aliphatic carbocycles. The molecule has 0 saturated heterocycles. The highest BCUT2D eigenvalue weighted by atomic mass is 16.5. The van der Waals surface area contributed by atoms with Crippen molar-refractivity contribution in [1.82, 2.24) is 0 Å². The first-order valence-corrected chi connectivity index (χ1v) is 5.77. The molecule has 0 N–H and O–H groups in total. The third-order valence-electron chi connectivity index (χ3n) is 2.03. The van der Waals surface area contributed by atoms with Crippen LogP contribution in [0.25, 0.3) is 0 Å². The van der Waals surface area contributed by atoms with Crippen molar-refractivity contribution in [3.05, 3.63) is 29.8 Å². The van der Waals surface area contributed by atoms with Gasteiger partial charge in [0.05, 0.1) is 6.61 Å². The van der Waals surface area contributed by atoms with Crippen LogP contribution < -0.4 is 4.74 Å². The van der Waals surface area contributed by atoms with Crippen LogP contribution in [0.3, 0.4) is 0 Å². The molecular weight excluding hydrogens is 184 g/mol. The van der Waals surface area contributed by atoms with Crippen LogP contribution in [0.15, 0.2) is 24.3 Å². The molecule has 1 rings (SSSR count). The standard InChI is InChI=1S/C12H18O.C2H6/c1-5-13-11-8-6-10(7-9-11)12(2,3)4;1-2/h6-9H,5H2,1-4H3;1-2H3. The summed E-state index contributed by atoms with van der Waals surface area (Å²) < 4.78 is 5.37. The van der Waals surface area contributed by atoms with Crippen molar-refractivity contribution in [2.45, 2.75) is 47.0 Å². The molecule has 0 aliphatic rings. The van der Waals surface area contributed by atoms with Crippen molar-refractivity contribution >= 4 is 0 Å². The van der Waals surface area contributed by atoms with Crippen LogP contribution in [0, 0.1) is 0 Å². The van der Waals surface area contributed by atoms with E-state index in [1.54, 1.807) is 0 Å². The predicted octanol–water partition coefficient (Wildman–Crippen LogP) is 4.41. The van der Waals surface area contributed by atoms with Gasteiger partial charge in [-0.2, -0.15) is 0 Å². The predicted molar refractivity (Wildman–Crippen MR) is 67.7 cm³/mol. The second-order valence-electron chi connectivity index (χ2n) is 4.21. The fraction of sp³-hybridized carbons (Fsp3) is 0.571. The summed E-state index contributed by atoms with van der Waals surface area (Å²) in [5.41, 5.74) is 1.57.